The smallest absolute Gasteiger partial charge is 0.408 e. The third-order valence-electron chi connectivity index (χ3n) is 8.46. The Kier molecular flexibility index (Phi) is 5.27. The van der Waals surface area contributed by atoms with Crippen LogP contribution in [0.15, 0.2) is 24.3 Å². The number of hydrogen-bond donors (Lipinski definition) is 2. The summed E-state index contributed by atoms with van der Waals surface area (Å²) in [7, 11) is 0. The van der Waals surface area contributed by atoms with Gasteiger partial charge in [0.25, 0.3) is 0 Å². The number of hydrogen-bond acceptors (Lipinski definition) is 4. The molecule has 1 aromatic rings. The highest BCUT2D eigenvalue weighted by Crippen LogP contribution is 2.57. The second-order valence-electron chi connectivity index (χ2n) is 11.5. The lowest BCUT2D eigenvalue weighted by molar-refractivity contribution is -0.132. The molecule has 6 heteroatoms. The summed E-state index contributed by atoms with van der Waals surface area (Å²) in [5, 5.41) is 7.00. The molecule has 1 aromatic carbocycles. The Morgan fingerprint density at radius 1 is 1.06 bits per heavy atom. The predicted molar refractivity (Wildman–Crippen MR) is 123 cm³/mol. The molecule has 2 N–H and O–H groups in total. The predicted octanol–water partition coefficient (Wildman–Crippen LogP) is 4.12. The van der Waals surface area contributed by atoms with E-state index >= 15 is 0 Å². The van der Waals surface area contributed by atoms with Crippen molar-refractivity contribution in [1.29, 1.82) is 0 Å². The average molecular weight is 440 g/mol. The second kappa shape index (κ2) is 7.75. The van der Waals surface area contributed by atoms with Gasteiger partial charge in [-0.1, -0.05) is 31.2 Å². The van der Waals surface area contributed by atoms with Gasteiger partial charge in [-0.25, -0.2) is 4.79 Å². The number of alkyl carbamates (subject to hydrolysis) is 1. The van der Waals surface area contributed by atoms with Gasteiger partial charge in [0.1, 0.15) is 5.60 Å². The lowest BCUT2D eigenvalue weighted by Crippen LogP contribution is -2.70. The maximum Gasteiger partial charge on any atom is 0.408 e. The van der Waals surface area contributed by atoms with Crippen molar-refractivity contribution < 1.29 is 14.3 Å². The first-order valence-electron chi connectivity index (χ1n) is 12.3. The normalized spacial score (nSPS) is 32.7. The highest BCUT2D eigenvalue weighted by molar-refractivity contribution is 5.79. The van der Waals surface area contributed by atoms with Crippen LogP contribution in [0.2, 0.25) is 0 Å². The molecule has 0 saturated heterocycles. The van der Waals surface area contributed by atoms with Crippen molar-refractivity contribution in [3.8, 4) is 0 Å². The molecule has 4 aliphatic carbocycles. The summed E-state index contributed by atoms with van der Waals surface area (Å²) < 4.78 is 5.72. The summed E-state index contributed by atoms with van der Waals surface area (Å²) in [5.41, 5.74) is 1.80. The zero-order valence-corrected chi connectivity index (χ0v) is 19.7. The standard InChI is InChI=1S/C26H37N3O3/c1-4-24(2,3)32-23(31)28-26-12-18-9-19(13-26)11-25(10-18,17-26)27-14-22(30)29-15-20-7-5-6-8-21(20)16-29/h5-8,18-19,27H,4,9-17H2,1-3H3,(H,28,31). The van der Waals surface area contributed by atoms with E-state index in [1.807, 2.05) is 37.8 Å². The fraction of sp³-hybridized carbons (Fsp3) is 0.692. The van der Waals surface area contributed by atoms with Gasteiger partial charge in [0, 0.05) is 24.2 Å². The Morgan fingerprint density at radius 2 is 1.66 bits per heavy atom. The summed E-state index contributed by atoms with van der Waals surface area (Å²) in [6.07, 6.45) is 6.91. The van der Waals surface area contributed by atoms with Crippen molar-refractivity contribution in [2.24, 2.45) is 11.8 Å². The molecule has 0 radical (unpaired) electrons. The van der Waals surface area contributed by atoms with E-state index in [0.717, 1.165) is 38.5 Å². The molecule has 2 amide bonds. The molecular weight excluding hydrogens is 402 g/mol. The van der Waals surface area contributed by atoms with E-state index in [9.17, 15) is 9.59 Å². The molecule has 4 bridgehead atoms. The monoisotopic (exact) mass is 439 g/mol. The van der Waals surface area contributed by atoms with Gasteiger partial charge in [0.15, 0.2) is 0 Å². The first-order valence-corrected chi connectivity index (χ1v) is 12.3. The van der Waals surface area contributed by atoms with Gasteiger partial charge in [0.2, 0.25) is 5.91 Å². The van der Waals surface area contributed by atoms with Crippen LogP contribution in [0.3, 0.4) is 0 Å². The van der Waals surface area contributed by atoms with Crippen molar-refractivity contribution in [1.82, 2.24) is 15.5 Å². The van der Waals surface area contributed by atoms with E-state index < -0.39 is 5.60 Å². The van der Waals surface area contributed by atoms with Gasteiger partial charge in [-0.15, -0.1) is 0 Å². The van der Waals surface area contributed by atoms with Crippen LogP contribution in [-0.4, -0.2) is 40.1 Å². The van der Waals surface area contributed by atoms with E-state index in [-0.39, 0.29) is 23.1 Å². The van der Waals surface area contributed by atoms with Crippen molar-refractivity contribution in [3.63, 3.8) is 0 Å². The molecule has 2 atom stereocenters. The third kappa shape index (κ3) is 4.14. The highest BCUT2D eigenvalue weighted by Gasteiger charge is 2.58. The van der Waals surface area contributed by atoms with Gasteiger partial charge >= 0.3 is 6.09 Å². The van der Waals surface area contributed by atoms with E-state index in [1.54, 1.807) is 0 Å². The number of amides is 2. The van der Waals surface area contributed by atoms with Crippen LogP contribution in [0.25, 0.3) is 0 Å². The van der Waals surface area contributed by atoms with Crippen LogP contribution < -0.4 is 10.6 Å². The van der Waals surface area contributed by atoms with Crippen LogP contribution in [0.4, 0.5) is 4.79 Å². The first kappa shape index (κ1) is 21.7. The molecule has 6 rings (SSSR count). The van der Waals surface area contributed by atoms with E-state index in [2.05, 4.69) is 22.8 Å². The zero-order chi connectivity index (χ0) is 22.6. The zero-order valence-electron chi connectivity index (χ0n) is 19.7. The minimum Gasteiger partial charge on any atom is -0.444 e. The maximum absolute atomic E-state index is 13.0. The Balaban J connectivity index is 1.23. The summed E-state index contributed by atoms with van der Waals surface area (Å²) in [6.45, 7) is 7.73. The van der Waals surface area contributed by atoms with Crippen LogP contribution in [-0.2, 0) is 22.6 Å². The molecule has 1 aliphatic heterocycles. The van der Waals surface area contributed by atoms with Crippen LogP contribution in [0, 0.1) is 11.8 Å². The molecule has 0 spiro atoms. The second-order valence-corrected chi connectivity index (χ2v) is 11.5. The molecule has 1 heterocycles. The Bertz CT molecular complexity index is 872. The van der Waals surface area contributed by atoms with Crippen LogP contribution in [0.5, 0.6) is 0 Å². The van der Waals surface area contributed by atoms with E-state index in [1.165, 1.54) is 17.5 Å². The highest BCUT2D eigenvalue weighted by atomic mass is 16.6. The van der Waals surface area contributed by atoms with Crippen molar-refractivity contribution >= 4 is 12.0 Å². The van der Waals surface area contributed by atoms with Gasteiger partial charge in [-0.3, -0.25) is 4.79 Å². The number of fused-ring (bicyclic) bond motifs is 1. The fourth-order valence-electron chi connectivity index (χ4n) is 7.07. The maximum atomic E-state index is 13.0. The number of nitrogens with one attached hydrogen (secondary N) is 2. The summed E-state index contributed by atoms with van der Waals surface area (Å²) >= 11 is 0. The Morgan fingerprint density at radius 3 is 2.25 bits per heavy atom. The average Bonchev–Trinajstić information content (AvgIpc) is 3.14. The van der Waals surface area contributed by atoms with Gasteiger partial charge in [-0.05, 0) is 81.8 Å². The molecular formula is C26H37N3O3. The van der Waals surface area contributed by atoms with Crippen LogP contribution >= 0.6 is 0 Å². The largest absolute Gasteiger partial charge is 0.444 e. The molecule has 174 valence electrons. The fourth-order valence-corrected chi connectivity index (χ4v) is 7.07. The van der Waals surface area contributed by atoms with Gasteiger partial charge < -0.3 is 20.3 Å². The molecule has 0 aromatic heterocycles. The van der Waals surface area contributed by atoms with Gasteiger partial charge in [0.05, 0.1) is 6.54 Å². The molecule has 2 unspecified atom stereocenters. The number of ether oxygens (including phenoxy) is 1. The van der Waals surface area contributed by atoms with Crippen molar-refractivity contribution in [2.45, 2.75) is 95.5 Å². The third-order valence-corrected chi connectivity index (χ3v) is 8.46. The minimum atomic E-state index is -0.456. The van der Waals surface area contributed by atoms with Gasteiger partial charge in [-0.2, -0.15) is 0 Å². The molecule has 4 saturated carbocycles. The first-order chi connectivity index (χ1) is 15.2. The lowest BCUT2D eigenvalue weighted by Gasteiger charge is -2.62. The van der Waals surface area contributed by atoms with E-state index in [4.69, 9.17) is 4.74 Å². The summed E-state index contributed by atoms with van der Waals surface area (Å²) in [4.78, 5) is 27.7. The molecule has 6 nitrogen and oxygen atoms in total. The molecule has 32 heavy (non-hydrogen) atoms. The SMILES string of the molecule is CCC(C)(C)OC(=O)NC12CC3CC(CC(NCC(=O)N4Cc5ccccc5C4)(C3)C1)C2. The number of carbonyl (C=O) groups excluding carboxylic acids is 2. The Hall–Kier alpha value is -2.08. The number of carbonyl (C=O) groups is 2. The number of nitrogens with zero attached hydrogens (tertiary/aromatic N) is 1. The lowest BCUT2D eigenvalue weighted by atomic mass is 9.50. The number of rotatable bonds is 6. The van der Waals surface area contributed by atoms with E-state index in [0.29, 0.717) is 31.5 Å². The Labute approximate surface area is 191 Å². The summed E-state index contributed by atoms with van der Waals surface area (Å²) in [5.74, 6) is 1.38. The quantitative estimate of drug-likeness (QED) is 0.699. The molecule has 4 fully saturated rings. The number of benzene rings is 1. The minimum absolute atomic E-state index is 0.0557. The van der Waals surface area contributed by atoms with Crippen LogP contribution in [0.1, 0.15) is 76.8 Å². The van der Waals surface area contributed by atoms with Crippen molar-refractivity contribution in [3.05, 3.63) is 35.4 Å². The molecule has 5 aliphatic rings. The van der Waals surface area contributed by atoms with Crippen molar-refractivity contribution in [2.75, 3.05) is 6.54 Å². The topological polar surface area (TPSA) is 70.7 Å². The summed E-state index contributed by atoms with van der Waals surface area (Å²) in [6, 6.07) is 8.31.